The maximum absolute atomic E-state index is 13.0. The van der Waals surface area contributed by atoms with Gasteiger partial charge in [0.1, 0.15) is 0 Å². The van der Waals surface area contributed by atoms with Crippen molar-refractivity contribution in [2.24, 2.45) is 5.73 Å². The Morgan fingerprint density at radius 1 is 0.958 bits per heavy atom. The number of halogens is 1. The van der Waals surface area contributed by atoms with Crippen molar-refractivity contribution in [3.05, 3.63) is 65.2 Å². The van der Waals surface area contributed by atoms with Gasteiger partial charge in [-0.2, -0.15) is 5.01 Å². The van der Waals surface area contributed by atoms with Crippen molar-refractivity contribution >= 4 is 29.2 Å². The minimum absolute atomic E-state index is 0.322. The van der Waals surface area contributed by atoms with Crippen LogP contribution in [0, 0.1) is 0 Å². The van der Waals surface area contributed by atoms with Gasteiger partial charge in [-0.1, -0.05) is 29.8 Å². The molecule has 0 atom stereocenters. The molecule has 3 amide bonds. The molecule has 0 saturated heterocycles. The highest BCUT2D eigenvalue weighted by molar-refractivity contribution is 6.30. The lowest BCUT2D eigenvalue weighted by Gasteiger charge is -2.42. The zero-order valence-corrected chi connectivity index (χ0v) is 14.6. The number of nitrogens with zero attached hydrogens (tertiary/aromatic N) is 2. The Morgan fingerprint density at radius 2 is 1.50 bits per heavy atom. The Labute approximate surface area is 146 Å². The molecule has 2 aromatic carbocycles. The summed E-state index contributed by atoms with van der Waals surface area (Å²) in [6, 6.07) is 14.6. The summed E-state index contributed by atoms with van der Waals surface area (Å²) in [4.78, 5) is 25.2. The second kappa shape index (κ2) is 6.93. The second-order valence-electron chi connectivity index (χ2n) is 6.28. The van der Waals surface area contributed by atoms with Crippen LogP contribution < -0.4 is 10.7 Å². The van der Waals surface area contributed by atoms with Crippen molar-refractivity contribution in [2.45, 2.75) is 26.3 Å². The molecule has 2 rings (SSSR count). The second-order valence-corrected chi connectivity index (χ2v) is 6.72. The van der Waals surface area contributed by atoms with E-state index < -0.39 is 11.6 Å². The molecule has 0 bridgehead atoms. The molecule has 5 nitrogen and oxygen atoms in total. The van der Waals surface area contributed by atoms with Crippen LogP contribution in [0.15, 0.2) is 54.6 Å². The van der Waals surface area contributed by atoms with Crippen LogP contribution in [-0.4, -0.2) is 22.5 Å². The predicted octanol–water partition coefficient (Wildman–Crippen LogP) is 4.08. The first kappa shape index (κ1) is 17.8. The van der Waals surface area contributed by atoms with Crippen LogP contribution >= 0.6 is 11.6 Å². The molecule has 0 aliphatic carbocycles. The van der Waals surface area contributed by atoms with E-state index in [0.717, 1.165) is 0 Å². The monoisotopic (exact) mass is 345 g/mol. The number of primary amides is 1. The summed E-state index contributed by atoms with van der Waals surface area (Å²) >= 11 is 5.91. The largest absolute Gasteiger partial charge is 0.350 e. The normalized spacial score (nSPS) is 11.0. The number of hydrazine groups is 1. The average Bonchev–Trinajstić information content (AvgIpc) is 2.52. The first-order valence-corrected chi connectivity index (χ1v) is 7.84. The van der Waals surface area contributed by atoms with Crippen LogP contribution in [0.5, 0.6) is 0 Å². The van der Waals surface area contributed by atoms with Gasteiger partial charge in [-0.05, 0) is 57.2 Å². The van der Waals surface area contributed by atoms with Gasteiger partial charge in [0, 0.05) is 10.6 Å². The quantitative estimate of drug-likeness (QED) is 0.833. The molecule has 24 heavy (non-hydrogen) atoms. The van der Waals surface area contributed by atoms with E-state index in [1.807, 2.05) is 26.8 Å². The Morgan fingerprint density at radius 3 is 1.96 bits per heavy atom. The van der Waals surface area contributed by atoms with Crippen molar-refractivity contribution in [3.63, 3.8) is 0 Å². The molecule has 0 aliphatic heterocycles. The van der Waals surface area contributed by atoms with E-state index in [2.05, 4.69) is 0 Å². The molecule has 0 spiro atoms. The Balaban J connectivity index is 2.54. The van der Waals surface area contributed by atoms with Crippen molar-refractivity contribution in [1.29, 1.82) is 0 Å². The summed E-state index contributed by atoms with van der Waals surface area (Å²) in [6.07, 6.45) is 0. The van der Waals surface area contributed by atoms with Gasteiger partial charge in [0.2, 0.25) is 0 Å². The average molecular weight is 346 g/mol. The van der Waals surface area contributed by atoms with Gasteiger partial charge in [0.05, 0.1) is 11.2 Å². The molecule has 0 aliphatic rings. The van der Waals surface area contributed by atoms with Crippen LogP contribution in [0.25, 0.3) is 0 Å². The number of hydrogen-bond acceptors (Lipinski definition) is 2. The van der Waals surface area contributed by atoms with Crippen LogP contribution in [0.4, 0.5) is 10.5 Å². The fourth-order valence-electron chi connectivity index (χ4n) is 2.32. The molecule has 0 heterocycles. The smallest absolute Gasteiger partial charge is 0.338 e. The third kappa shape index (κ3) is 3.86. The number of anilines is 1. The summed E-state index contributed by atoms with van der Waals surface area (Å²) in [5.41, 5.74) is 5.83. The standard InChI is InChI=1S/C18H20ClN3O2/c1-18(2,3)22(16(23)13-7-5-4-6-8-13)21(17(20)24)15-11-9-14(19)10-12-15/h4-12H,1-3H3,(H2,20,24). The summed E-state index contributed by atoms with van der Waals surface area (Å²) in [5.74, 6) is -0.322. The SMILES string of the molecule is CC(C)(C)N(C(=O)c1ccccc1)N(C(N)=O)c1ccc(Cl)cc1. The van der Waals surface area contributed by atoms with E-state index >= 15 is 0 Å². The fraction of sp³-hybridized carbons (Fsp3) is 0.222. The van der Waals surface area contributed by atoms with Gasteiger partial charge in [-0.15, -0.1) is 0 Å². The number of rotatable bonds is 2. The van der Waals surface area contributed by atoms with Gasteiger partial charge in [0.25, 0.3) is 5.91 Å². The Bertz CT molecular complexity index is 724. The van der Waals surface area contributed by atoms with Crippen molar-refractivity contribution < 1.29 is 9.59 Å². The van der Waals surface area contributed by atoms with Gasteiger partial charge in [-0.3, -0.25) is 4.79 Å². The first-order chi connectivity index (χ1) is 11.2. The molecule has 0 saturated carbocycles. The summed E-state index contributed by atoms with van der Waals surface area (Å²) in [6.45, 7) is 5.50. The predicted molar refractivity (Wildman–Crippen MR) is 95.9 cm³/mol. The summed E-state index contributed by atoms with van der Waals surface area (Å²) < 4.78 is 0. The highest BCUT2D eigenvalue weighted by Crippen LogP contribution is 2.26. The highest BCUT2D eigenvalue weighted by atomic mass is 35.5. The molecular weight excluding hydrogens is 326 g/mol. The number of hydrogen-bond donors (Lipinski definition) is 1. The third-order valence-electron chi connectivity index (χ3n) is 3.33. The van der Waals surface area contributed by atoms with E-state index in [1.165, 1.54) is 10.0 Å². The van der Waals surface area contributed by atoms with Crippen molar-refractivity contribution in [1.82, 2.24) is 5.01 Å². The molecule has 6 heteroatoms. The molecule has 0 unspecified atom stereocenters. The minimum Gasteiger partial charge on any atom is -0.350 e. The fourth-order valence-corrected chi connectivity index (χ4v) is 2.45. The van der Waals surface area contributed by atoms with Crippen LogP contribution in [0.1, 0.15) is 31.1 Å². The molecule has 126 valence electrons. The van der Waals surface area contributed by atoms with E-state index in [1.54, 1.807) is 48.5 Å². The summed E-state index contributed by atoms with van der Waals surface area (Å²) in [7, 11) is 0. The minimum atomic E-state index is -0.753. The van der Waals surface area contributed by atoms with Gasteiger partial charge in [-0.25, -0.2) is 9.80 Å². The number of benzene rings is 2. The number of carbonyl (C=O) groups is 2. The summed E-state index contributed by atoms with van der Waals surface area (Å²) in [5, 5.41) is 3.06. The Kier molecular flexibility index (Phi) is 5.14. The zero-order chi connectivity index (χ0) is 17.9. The molecule has 2 N–H and O–H groups in total. The van der Waals surface area contributed by atoms with Crippen LogP contribution in [-0.2, 0) is 0 Å². The van der Waals surface area contributed by atoms with E-state index in [9.17, 15) is 9.59 Å². The Hall–Kier alpha value is -2.53. The van der Waals surface area contributed by atoms with E-state index in [4.69, 9.17) is 17.3 Å². The van der Waals surface area contributed by atoms with Gasteiger partial charge in [0.15, 0.2) is 0 Å². The van der Waals surface area contributed by atoms with Gasteiger partial charge < -0.3 is 5.73 Å². The lowest BCUT2D eigenvalue weighted by Crippen LogP contribution is -2.60. The van der Waals surface area contributed by atoms with Crippen molar-refractivity contribution in [2.75, 3.05) is 5.01 Å². The maximum atomic E-state index is 13.0. The number of urea groups is 1. The lowest BCUT2D eigenvalue weighted by molar-refractivity contribution is 0.0569. The number of carbonyl (C=O) groups excluding carboxylic acids is 2. The topological polar surface area (TPSA) is 66.6 Å². The molecule has 0 aromatic heterocycles. The lowest BCUT2D eigenvalue weighted by atomic mass is 10.1. The third-order valence-corrected chi connectivity index (χ3v) is 3.58. The first-order valence-electron chi connectivity index (χ1n) is 7.46. The van der Waals surface area contributed by atoms with Crippen molar-refractivity contribution in [3.8, 4) is 0 Å². The van der Waals surface area contributed by atoms with Gasteiger partial charge >= 0.3 is 6.03 Å². The van der Waals surface area contributed by atoms with Crippen LogP contribution in [0.3, 0.4) is 0 Å². The van der Waals surface area contributed by atoms with Crippen LogP contribution in [0.2, 0.25) is 5.02 Å². The maximum Gasteiger partial charge on any atom is 0.338 e. The molecule has 2 aromatic rings. The van der Waals surface area contributed by atoms with E-state index in [-0.39, 0.29) is 5.91 Å². The zero-order valence-electron chi connectivity index (χ0n) is 13.9. The number of nitrogens with two attached hydrogens (primary N) is 1. The molecular formula is C18H20ClN3O2. The molecule has 0 radical (unpaired) electrons. The number of amides is 3. The highest BCUT2D eigenvalue weighted by Gasteiger charge is 2.35. The molecule has 0 fully saturated rings. The van der Waals surface area contributed by atoms with E-state index in [0.29, 0.717) is 16.3 Å².